The molecule has 0 aromatic heterocycles. The van der Waals surface area contributed by atoms with Crippen LogP contribution in [-0.2, 0) is 61.2 Å². The first-order chi connectivity index (χ1) is 47.7. The molecule has 11 N–H and O–H groups in total. The number of carbonyl (C=O) groups is 3. The Bertz CT molecular complexity index is 2160. The Balaban J connectivity index is 1.75. The molecule has 0 aromatic rings. The summed E-state index contributed by atoms with van der Waals surface area (Å²) in [7, 11) is -5.72. The molecule has 0 radical (unpaired) electrons. The van der Waals surface area contributed by atoms with Crippen LogP contribution >= 0.6 is 7.82 Å². The Hall–Kier alpha value is -2.56. The maximum Gasteiger partial charge on any atom is 0.472 e. The standard InChI is InChI=1S/C74H135O24P/c1-5-8-11-14-17-19-21-23-24-26-27-29-31-37-42-47-58(76)90-51-55(93-60(78)49-44-39-32-30-28-25-22-20-18-15-12-9-6-2)52-92-99(88,89)98-72-70(96-73-68(86)63(81)61(79)56(50-75)94-73)66(84)65(83)67(85)71(72)97-74-69(87)64(82)62(80)57(95-74)53-91-59(77)48-43-38-34-33-36-41-46-54(4)45-40-35-16-13-10-7-3/h31,37,42,47,54-57,61-75,79-87H,5-30,32-36,38-41,43-46,48-53H2,1-4H3,(H,88,89)/b37-31+,47-42+. The summed E-state index contributed by atoms with van der Waals surface area (Å²) in [6, 6.07) is 0. The molecule has 25 heteroatoms. The van der Waals surface area contributed by atoms with Gasteiger partial charge < -0.3 is 89.1 Å². The lowest BCUT2D eigenvalue weighted by atomic mass is 9.84. The van der Waals surface area contributed by atoms with Gasteiger partial charge in [0.2, 0.25) is 0 Å². The van der Waals surface area contributed by atoms with E-state index in [2.05, 4.69) is 27.7 Å². The fraction of sp³-hybridized carbons (Fsp3) is 0.905. The third-order valence-corrected chi connectivity index (χ3v) is 20.2. The second-order valence-corrected chi connectivity index (χ2v) is 29.5. The van der Waals surface area contributed by atoms with E-state index in [0.717, 1.165) is 96.0 Å². The summed E-state index contributed by atoms with van der Waals surface area (Å²) in [4.78, 5) is 50.9. The molecule has 3 aliphatic rings. The number of unbranched alkanes of at least 4 members (excludes halogenated alkanes) is 33. The molecule has 2 heterocycles. The van der Waals surface area contributed by atoms with Crippen molar-refractivity contribution < 1.29 is 117 Å². The highest BCUT2D eigenvalue weighted by Crippen LogP contribution is 2.49. The number of hydrogen-bond donors (Lipinski definition) is 11. The summed E-state index contributed by atoms with van der Waals surface area (Å²) in [6.45, 7) is 5.66. The van der Waals surface area contributed by atoms with Gasteiger partial charge in [-0.15, -0.1) is 0 Å². The van der Waals surface area contributed by atoms with Crippen LogP contribution in [0.4, 0.5) is 0 Å². The molecule has 580 valence electrons. The molecule has 2 aliphatic heterocycles. The largest absolute Gasteiger partial charge is 0.472 e. The highest BCUT2D eigenvalue weighted by Gasteiger charge is 2.58. The van der Waals surface area contributed by atoms with E-state index in [-0.39, 0.29) is 12.8 Å². The predicted octanol–water partition coefficient (Wildman–Crippen LogP) is 10.8. The number of aliphatic hydroxyl groups is 10. The first-order valence-corrected chi connectivity index (χ1v) is 40.0. The van der Waals surface area contributed by atoms with Gasteiger partial charge in [-0.05, 0) is 31.6 Å². The number of aliphatic hydroxyl groups excluding tert-OH is 10. The van der Waals surface area contributed by atoms with Gasteiger partial charge in [-0.1, -0.05) is 271 Å². The van der Waals surface area contributed by atoms with Crippen LogP contribution in [0.2, 0.25) is 0 Å². The van der Waals surface area contributed by atoms with Gasteiger partial charge in [0, 0.05) is 18.9 Å². The van der Waals surface area contributed by atoms with Gasteiger partial charge in [0.1, 0.15) is 98.7 Å². The third-order valence-electron chi connectivity index (χ3n) is 19.2. The Kier molecular flexibility index (Phi) is 50.3. The molecule has 1 saturated carbocycles. The predicted molar refractivity (Wildman–Crippen MR) is 374 cm³/mol. The first kappa shape index (κ1) is 90.7. The van der Waals surface area contributed by atoms with Crippen LogP contribution in [0.3, 0.4) is 0 Å². The fourth-order valence-corrected chi connectivity index (χ4v) is 13.8. The maximum absolute atomic E-state index is 14.3. The van der Waals surface area contributed by atoms with Crippen molar-refractivity contribution in [3.63, 3.8) is 0 Å². The summed E-state index contributed by atoms with van der Waals surface area (Å²) in [5.41, 5.74) is 0. The second-order valence-electron chi connectivity index (χ2n) is 28.1. The molecule has 3 rings (SSSR count). The van der Waals surface area contributed by atoms with Gasteiger partial charge in [0.05, 0.1) is 13.2 Å². The van der Waals surface area contributed by atoms with Crippen LogP contribution in [0.15, 0.2) is 24.3 Å². The highest BCUT2D eigenvalue weighted by atomic mass is 31.2. The van der Waals surface area contributed by atoms with Gasteiger partial charge >= 0.3 is 25.7 Å². The lowest BCUT2D eigenvalue weighted by Crippen LogP contribution is -2.69. The molecular weight excluding hydrogens is 1300 g/mol. The van der Waals surface area contributed by atoms with Crippen LogP contribution in [-0.4, -0.2) is 204 Å². The zero-order chi connectivity index (χ0) is 72.6. The van der Waals surface area contributed by atoms with Crippen molar-refractivity contribution in [2.75, 3.05) is 26.4 Å². The molecule has 99 heavy (non-hydrogen) atoms. The second kappa shape index (κ2) is 55.0. The van der Waals surface area contributed by atoms with Crippen LogP contribution in [0.1, 0.15) is 291 Å². The monoisotopic (exact) mass is 1440 g/mol. The van der Waals surface area contributed by atoms with Crippen molar-refractivity contribution in [2.45, 2.75) is 395 Å². The lowest BCUT2D eigenvalue weighted by molar-refractivity contribution is -0.360. The minimum absolute atomic E-state index is 0.0262. The zero-order valence-corrected chi connectivity index (χ0v) is 61.6. The molecule has 3 fully saturated rings. The normalized spacial score (nSPS) is 27.9. The van der Waals surface area contributed by atoms with E-state index >= 15 is 0 Å². The molecule has 24 nitrogen and oxygen atoms in total. The van der Waals surface area contributed by atoms with E-state index < -0.39 is 156 Å². The van der Waals surface area contributed by atoms with E-state index in [1.807, 2.05) is 6.08 Å². The SMILES string of the molecule is CCCCCCCCCCCCC/C=C/C=C/C(=O)OCC(COP(=O)(O)OC1C(OC2OC(CO)C(O)C(O)C2O)C(O)C(O)C(O)C1OC1OC(COC(=O)CCCCCCCCC(C)CCCCCCCC)C(O)C(O)C1O)OC(=O)CCCCCCCCCCCCCCC. The number of ether oxygens (including phenoxy) is 7. The molecule has 1 aliphatic carbocycles. The Morgan fingerprint density at radius 3 is 1.29 bits per heavy atom. The van der Waals surface area contributed by atoms with Crippen molar-refractivity contribution in [1.29, 1.82) is 0 Å². The molecule has 0 amide bonds. The molecule has 2 saturated heterocycles. The number of allylic oxidation sites excluding steroid dienone is 3. The Labute approximate surface area is 592 Å². The molecule has 0 spiro atoms. The van der Waals surface area contributed by atoms with Gasteiger partial charge in [-0.25, -0.2) is 9.36 Å². The number of hydrogen-bond acceptors (Lipinski definition) is 23. The number of phosphoric acid groups is 1. The molecule has 0 aromatic carbocycles. The minimum atomic E-state index is -5.72. The van der Waals surface area contributed by atoms with Gasteiger partial charge in [-0.2, -0.15) is 0 Å². The van der Waals surface area contributed by atoms with Crippen molar-refractivity contribution in [1.82, 2.24) is 0 Å². The van der Waals surface area contributed by atoms with Crippen LogP contribution in [0.5, 0.6) is 0 Å². The summed E-state index contributed by atoms with van der Waals surface area (Å²) in [5, 5.41) is 110. The smallest absolute Gasteiger partial charge is 0.463 e. The number of rotatable bonds is 59. The van der Waals surface area contributed by atoms with E-state index in [1.165, 1.54) is 154 Å². The number of carbonyl (C=O) groups excluding carboxylic acids is 3. The molecule has 0 bridgehead atoms. The molecular formula is C74H135O24P. The summed E-state index contributed by atoms with van der Waals surface area (Å²) >= 11 is 0. The van der Waals surface area contributed by atoms with Crippen molar-refractivity contribution >= 4 is 25.7 Å². The van der Waals surface area contributed by atoms with Gasteiger partial charge in [-0.3, -0.25) is 18.6 Å². The first-order valence-electron chi connectivity index (χ1n) is 38.6. The zero-order valence-electron chi connectivity index (χ0n) is 60.7. The number of esters is 3. The van der Waals surface area contributed by atoms with E-state index in [1.54, 1.807) is 6.08 Å². The van der Waals surface area contributed by atoms with Crippen LogP contribution in [0, 0.1) is 5.92 Å². The summed E-state index contributed by atoms with van der Waals surface area (Å²) in [6.07, 6.45) is 14.6. The van der Waals surface area contributed by atoms with E-state index in [0.29, 0.717) is 18.8 Å². The topological polar surface area (TPSA) is 374 Å². The number of phosphoric ester groups is 1. The third kappa shape index (κ3) is 38.3. The molecule has 19 atom stereocenters. The van der Waals surface area contributed by atoms with Crippen molar-refractivity contribution in [2.24, 2.45) is 5.92 Å². The molecule has 19 unspecified atom stereocenters. The fourth-order valence-electron chi connectivity index (χ4n) is 12.9. The van der Waals surface area contributed by atoms with Gasteiger partial charge in [0.25, 0.3) is 0 Å². The van der Waals surface area contributed by atoms with Crippen molar-refractivity contribution in [3.05, 3.63) is 24.3 Å². The Morgan fingerprint density at radius 1 is 0.444 bits per heavy atom. The van der Waals surface area contributed by atoms with Crippen LogP contribution < -0.4 is 0 Å². The maximum atomic E-state index is 14.3. The minimum Gasteiger partial charge on any atom is -0.463 e. The van der Waals surface area contributed by atoms with Crippen LogP contribution in [0.25, 0.3) is 0 Å². The van der Waals surface area contributed by atoms with E-state index in [4.69, 9.17) is 42.2 Å². The van der Waals surface area contributed by atoms with Gasteiger partial charge in [0.15, 0.2) is 18.7 Å². The average Bonchev–Trinajstić information content (AvgIpc) is 0.765. The Morgan fingerprint density at radius 2 is 0.838 bits per heavy atom. The average molecular weight is 1440 g/mol. The van der Waals surface area contributed by atoms with Crippen molar-refractivity contribution in [3.8, 4) is 0 Å². The quantitative estimate of drug-likeness (QED) is 0.00673. The highest BCUT2D eigenvalue weighted by molar-refractivity contribution is 7.47. The summed E-state index contributed by atoms with van der Waals surface area (Å²) < 4.78 is 64.9. The lowest BCUT2D eigenvalue weighted by Gasteiger charge is -2.49. The van der Waals surface area contributed by atoms with E-state index in [9.17, 15) is 74.9 Å². The summed E-state index contributed by atoms with van der Waals surface area (Å²) in [5.74, 6) is -1.55.